The fourth-order valence-electron chi connectivity index (χ4n) is 6.38. The smallest absolute Gasteiger partial charge is 0.335 e. The molecular weight excluding hydrogens is 559 g/mol. The molecule has 2 saturated heterocycles. The number of fused-ring (bicyclic) bond motifs is 2. The van der Waals surface area contributed by atoms with Crippen LogP contribution >= 0.6 is 0 Å². The van der Waals surface area contributed by atoms with Crippen molar-refractivity contribution < 1.29 is 27.2 Å². The number of carbonyl (C=O) groups is 1. The first-order valence-electron chi connectivity index (χ1n) is 14.7. The van der Waals surface area contributed by atoms with E-state index in [1.54, 1.807) is 6.33 Å². The predicted molar refractivity (Wildman–Crippen MR) is 162 cm³/mol. The first-order valence-corrected chi connectivity index (χ1v) is 18.6. The van der Waals surface area contributed by atoms with E-state index in [9.17, 15) is 4.79 Å². The van der Waals surface area contributed by atoms with Gasteiger partial charge < -0.3 is 22.4 Å². The Hall–Kier alpha value is -2.17. The fourth-order valence-corrected chi connectivity index (χ4v) is 17.6. The summed E-state index contributed by atoms with van der Waals surface area (Å²) in [7, 11) is -4.04. The Balaban J connectivity index is 1.85. The van der Waals surface area contributed by atoms with Crippen molar-refractivity contribution in [3.8, 4) is 5.88 Å². The standard InChI is InChI=1S/C28H47N5O6Si2/c1-12-13-21-24-22(14-36-40(16(2)3,17(4)5)39-41(38-24,18(6)7)19(8)9)37-27(21)33-15-29-23-25(33)31-28(30-20(10)34)32-26(23)35-11/h12,15-19,21-22,24,27H,1,13-14H2,2-11H3,(H,30,31,32,34)/t21-,22-,24+,27-/m1/s1. The number of hydrogen-bond donors (Lipinski definition) is 1. The van der Waals surface area contributed by atoms with Crippen LogP contribution in [0.1, 0.15) is 75.0 Å². The maximum absolute atomic E-state index is 11.8. The summed E-state index contributed by atoms with van der Waals surface area (Å²) in [6.07, 6.45) is 3.16. The van der Waals surface area contributed by atoms with Gasteiger partial charge in [0, 0.05) is 12.8 Å². The highest BCUT2D eigenvalue weighted by atomic mass is 28.5. The summed E-state index contributed by atoms with van der Waals surface area (Å²) >= 11 is 0. The number of carbonyl (C=O) groups excluding carboxylic acids is 1. The number of anilines is 1. The lowest BCUT2D eigenvalue weighted by molar-refractivity contribution is -0.114. The van der Waals surface area contributed by atoms with Gasteiger partial charge in [-0.05, 0) is 28.6 Å². The lowest BCUT2D eigenvalue weighted by Gasteiger charge is -2.51. The van der Waals surface area contributed by atoms with Gasteiger partial charge in [-0.2, -0.15) is 9.97 Å². The van der Waals surface area contributed by atoms with Crippen LogP contribution in [-0.2, 0) is 22.5 Å². The number of ether oxygens (including phenoxy) is 2. The van der Waals surface area contributed by atoms with Crippen LogP contribution in [0.25, 0.3) is 11.2 Å². The molecule has 4 heterocycles. The second-order valence-electron chi connectivity index (χ2n) is 12.4. The monoisotopic (exact) mass is 605 g/mol. The molecule has 228 valence electrons. The number of nitrogens with one attached hydrogen (secondary N) is 1. The summed E-state index contributed by atoms with van der Waals surface area (Å²) < 4.78 is 35.9. The molecule has 41 heavy (non-hydrogen) atoms. The van der Waals surface area contributed by atoms with E-state index >= 15 is 0 Å². The lowest BCUT2D eigenvalue weighted by Crippen LogP contribution is -2.65. The van der Waals surface area contributed by atoms with E-state index in [-0.39, 0.29) is 58.0 Å². The highest BCUT2D eigenvalue weighted by molar-refractivity contribution is 6.84. The molecule has 2 aromatic rings. The van der Waals surface area contributed by atoms with Crippen molar-refractivity contribution in [1.82, 2.24) is 19.5 Å². The molecule has 0 radical (unpaired) electrons. The summed E-state index contributed by atoms with van der Waals surface area (Å²) in [6, 6.07) is 0. The van der Waals surface area contributed by atoms with Crippen LogP contribution in [0.3, 0.4) is 0 Å². The number of methoxy groups -OCH3 is 1. The van der Waals surface area contributed by atoms with E-state index in [1.807, 2.05) is 10.6 Å². The number of amides is 1. The van der Waals surface area contributed by atoms with Gasteiger partial charge in [-0.25, -0.2) is 4.98 Å². The number of imidazole rings is 1. The minimum absolute atomic E-state index is 0.107. The summed E-state index contributed by atoms with van der Waals surface area (Å²) in [5.74, 6) is 0.0146. The minimum Gasteiger partial charge on any atom is -0.479 e. The lowest BCUT2D eigenvalue weighted by atomic mass is 9.96. The summed E-state index contributed by atoms with van der Waals surface area (Å²) in [4.78, 5) is 25.3. The molecule has 0 unspecified atom stereocenters. The highest BCUT2D eigenvalue weighted by Gasteiger charge is 2.61. The number of aromatic nitrogens is 4. The highest BCUT2D eigenvalue weighted by Crippen LogP contribution is 2.50. The van der Waals surface area contributed by atoms with Gasteiger partial charge in [0.1, 0.15) is 12.3 Å². The van der Waals surface area contributed by atoms with Crippen molar-refractivity contribution in [2.45, 2.75) is 109 Å². The fraction of sp³-hybridized carbons (Fsp3) is 0.714. The Bertz CT molecular complexity index is 1240. The largest absolute Gasteiger partial charge is 0.479 e. The van der Waals surface area contributed by atoms with Gasteiger partial charge in [-0.3, -0.25) is 14.7 Å². The summed E-state index contributed by atoms with van der Waals surface area (Å²) in [5.41, 5.74) is 1.85. The zero-order valence-electron chi connectivity index (χ0n) is 26.1. The van der Waals surface area contributed by atoms with Crippen LogP contribution in [0.2, 0.25) is 22.2 Å². The quantitative estimate of drug-likeness (QED) is 0.278. The molecule has 13 heteroatoms. The molecule has 0 spiro atoms. The minimum atomic E-state index is -2.84. The van der Waals surface area contributed by atoms with Crippen molar-refractivity contribution in [3.05, 3.63) is 19.0 Å². The van der Waals surface area contributed by atoms with Crippen molar-refractivity contribution in [1.29, 1.82) is 0 Å². The zero-order valence-corrected chi connectivity index (χ0v) is 28.1. The Morgan fingerprint density at radius 1 is 1.12 bits per heavy atom. The Kier molecular flexibility index (Phi) is 9.46. The number of rotatable bonds is 9. The SMILES string of the molecule is C=CC[C@@H]1[C@@H]2O[Si](C(C)C)(C(C)C)O[Si](C(C)C)(C(C)C)OC[C@H]2O[C@H]1n1cnc2c(OC)nc(NC(C)=O)nc21. The molecule has 2 fully saturated rings. The maximum Gasteiger partial charge on any atom is 0.335 e. The molecule has 0 aromatic carbocycles. The van der Waals surface area contributed by atoms with Gasteiger partial charge in [0.2, 0.25) is 17.7 Å². The van der Waals surface area contributed by atoms with Gasteiger partial charge >= 0.3 is 17.1 Å². The molecule has 2 aliphatic rings. The molecule has 11 nitrogen and oxygen atoms in total. The second-order valence-corrected chi connectivity index (χ2v) is 21.2. The van der Waals surface area contributed by atoms with Crippen molar-refractivity contribution in [3.63, 3.8) is 0 Å². The van der Waals surface area contributed by atoms with Crippen LogP contribution in [-0.4, -0.2) is 68.5 Å². The molecular formula is C28H47N5O6Si2. The molecule has 1 N–H and O–H groups in total. The molecule has 0 bridgehead atoms. The van der Waals surface area contributed by atoms with E-state index in [4.69, 9.17) is 22.4 Å². The topological polar surface area (TPSA) is 119 Å². The molecule has 4 atom stereocenters. The molecule has 0 aliphatic carbocycles. The van der Waals surface area contributed by atoms with Gasteiger partial charge in [0.15, 0.2) is 11.2 Å². The Morgan fingerprint density at radius 2 is 1.76 bits per heavy atom. The molecule has 0 saturated carbocycles. The van der Waals surface area contributed by atoms with E-state index in [0.29, 0.717) is 24.2 Å². The van der Waals surface area contributed by atoms with Crippen LogP contribution in [0.4, 0.5) is 5.95 Å². The Labute approximate surface area is 245 Å². The van der Waals surface area contributed by atoms with Gasteiger partial charge in [0.25, 0.3) is 0 Å². The normalized spacial score (nSPS) is 25.9. The van der Waals surface area contributed by atoms with Crippen LogP contribution in [0.15, 0.2) is 19.0 Å². The predicted octanol–water partition coefficient (Wildman–Crippen LogP) is 5.84. The summed E-state index contributed by atoms with van der Waals surface area (Å²) in [6.45, 7) is 23.5. The number of hydrogen-bond acceptors (Lipinski definition) is 9. The van der Waals surface area contributed by atoms with Crippen molar-refractivity contribution in [2.24, 2.45) is 5.92 Å². The third-order valence-corrected chi connectivity index (χ3v) is 18.6. The van der Waals surface area contributed by atoms with E-state index in [2.05, 4.69) is 82.2 Å². The Morgan fingerprint density at radius 3 is 2.29 bits per heavy atom. The molecule has 4 rings (SSSR count). The maximum atomic E-state index is 11.8. The number of nitrogens with zero attached hydrogens (tertiary/aromatic N) is 4. The third-order valence-electron chi connectivity index (χ3n) is 8.38. The van der Waals surface area contributed by atoms with Crippen molar-refractivity contribution >= 4 is 40.1 Å². The third kappa shape index (κ3) is 5.64. The van der Waals surface area contributed by atoms with Crippen LogP contribution in [0, 0.1) is 5.92 Å². The average molecular weight is 606 g/mol. The second kappa shape index (κ2) is 12.2. The van der Waals surface area contributed by atoms with Crippen molar-refractivity contribution in [2.75, 3.05) is 19.0 Å². The zero-order chi connectivity index (χ0) is 30.3. The summed E-state index contributed by atoms with van der Waals surface area (Å²) in [5, 5.41) is 2.66. The average Bonchev–Trinajstić information content (AvgIpc) is 3.43. The van der Waals surface area contributed by atoms with E-state index in [1.165, 1.54) is 14.0 Å². The van der Waals surface area contributed by atoms with E-state index < -0.39 is 23.3 Å². The number of allylic oxidation sites excluding steroid dienone is 1. The van der Waals surface area contributed by atoms with Crippen LogP contribution < -0.4 is 10.1 Å². The first-order chi connectivity index (χ1) is 19.3. The van der Waals surface area contributed by atoms with Gasteiger partial charge in [-0.1, -0.05) is 61.5 Å². The molecule has 2 aliphatic heterocycles. The molecule has 2 aromatic heterocycles. The van der Waals surface area contributed by atoms with Gasteiger partial charge in [0.05, 0.1) is 26.1 Å². The molecule has 1 amide bonds. The van der Waals surface area contributed by atoms with E-state index in [0.717, 1.165) is 0 Å². The van der Waals surface area contributed by atoms with Gasteiger partial charge in [-0.15, -0.1) is 6.58 Å². The van der Waals surface area contributed by atoms with Crippen LogP contribution in [0.5, 0.6) is 5.88 Å². The first kappa shape index (κ1) is 31.8.